The molecule has 6 heteroatoms. The van der Waals surface area contributed by atoms with Crippen LogP contribution in [0.25, 0.3) is 10.9 Å². The van der Waals surface area contributed by atoms with Gasteiger partial charge >= 0.3 is 0 Å². The average Bonchev–Trinajstić information content (AvgIpc) is 2.51. The molecular formula is C15H18N2O4. The van der Waals surface area contributed by atoms with Gasteiger partial charge in [0.25, 0.3) is 5.91 Å². The third-order valence-electron chi connectivity index (χ3n) is 3.24. The van der Waals surface area contributed by atoms with E-state index in [1.807, 2.05) is 6.07 Å². The second-order valence-corrected chi connectivity index (χ2v) is 4.59. The van der Waals surface area contributed by atoms with Crippen LogP contribution in [0.3, 0.4) is 0 Å². The largest absolute Gasteiger partial charge is 0.395 e. The smallest absolute Gasteiger partial charge is 0.259 e. The number of H-pyrrole nitrogens is 1. The molecule has 2 N–H and O–H groups in total. The van der Waals surface area contributed by atoms with Crippen LogP contribution in [0.4, 0.5) is 0 Å². The first-order chi connectivity index (χ1) is 10.2. The molecule has 0 atom stereocenters. The van der Waals surface area contributed by atoms with Crippen LogP contribution in [0.2, 0.25) is 0 Å². The minimum absolute atomic E-state index is 0.0678. The maximum Gasteiger partial charge on any atom is 0.259 e. The highest BCUT2D eigenvalue weighted by atomic mass is 16.5. The number of benzene rings is 1. The molecule has 1 aromatic carbocycles. The van der Waals surface area contributed by atoms with Crippen LogP contribution in [0.15, 0.2) is 35.3 Å². The number of pyridine rings is 1. The van der Waals surface area contributed by atoms with Gasteiger partial charge in [-0.15, -0.1) is 0 Å². The Morgan fingerprint density at radius 3 is 2.81 bits per heavy atom. The molecule has 0 aliphatic carbocycles. The number of aromatic amines is 1. The van der Waals surface area contributed by atoms with E-state index in [1.54, 1.807) is 18.2 Å². The van der Waals surface area contributed by atoms with Crippen molar-refractivity contribution >= 4 is 16.8 Å². The second-order valence-electron chi connectivity index (χ2n) is 4.59. The number of rotatable bonds is 6. The summed E-state index contributed by atoms with van der Waals surface area (Å²) >= 11 is 0. The number of hydrogen-bond acceptors (Lipinski definition) is 4. The highest BCUT2D eigenvalue weighted by Gasteiger charge is 2.19. The first-order valence-corrected chi connectivity index (χ1v) is 6.68. The summed E-state index contributed by atoms with van der Waals surface area (Å²) in [6.45, 7) is 0.661. The van der Waals surface area contributed by atoms with Gasteiger partial charge in [0.15, 0.2) is 0 Å². The average molecular weight is 290 g/mol. The zero-order valence-electron chi connectivity index (χ0n) is 11.8. The number of aliphatic hydroxyl groups is 1. The zero-order chi connectivity index (χ0) is 15.2. The summed E-state index contributed by atoms with van der Waals surface area (Å²) in [4.78, 5) is 29.2. The fourth-order valence-electron chi connectivity index (χ4n) is 2.13. The standard InChI is InChI=1S/C15H18N2O4/c1-21-9-7-17(6-8-18)15(20)12-10-16-13-5-3-2-4-11(13)14(12)19/h2-5,10,18H,6-9H2,1H3,(H,16,19). The molecule has 2 aromatic rings. The van der Waals surface area contributed by atoms with E-state index in [9.17, 15) is 9.59 Å². The quantitative estimate of drug-likeness (QED) is 0.816. The molecule has 0 bridgehead atoms. The lowest BCUT2D eigenvalue weighted by Gasteiger charge is -2.21. The van der Waals surface area contributed by atoms with E-state index in [0.717, 1.165) is 0 Å². The van der Waals surface area contributed by atoms with Crippen LogP contribution in [0, 0.1) is 0 Å². The molecule has 0 aliphatic rings. The molecule has 1 amide bonds. The maximum atomic E-state index is 12.4. The molecule has 21 heavy (non-hydrogen) atoms. The Labute approximate surface area is 122 Å². The van der Waals surface area contributed by atoms with Crippen LogP contribution in [0.5, 0.6) is 0 Å². The number of aliphatic hydroxyl groups excluding tert-OH is 1. The van der Waals surface area contributed by atoms with Gasteiger partial charge in [-0.3, -0.25) is 9.59 Å². The molecule has 0 aliphatic heterocycles. The fraction of sp³-hybridized carbons (Fsp3) is 0.333. The monoisotopic (exact) mass is 290 g/mol. The Bertz CT molecular complexity index is 681. The predicted octanol–water partition coefficient (Wildman–Crippen LogP) is 0.609. The number of nitrogens with zero attached hydrogens (tertiary/aromatic N) is 1. The number of carbonyl (C=O) groups is 1. The van der Waals surface area contributed by atoms with E-state index in [-0.39, 0.29) is 24.1 Å². The number of ether oxygens (including phenoxy) is 1. The molecule has 0 saturated carbocycles. The fourth-order valence-corrected chi connectivity index (χ4v) is 2.13. The summed E-state index contributed by atoms with van der Waals surface area (Å²) in [6.07, 6.45) is 1.42. The van der Waals surface area contributed by atoms with Crippen molar-refractivity contribution in [1.82, 2.24) is 9.88 Å². The Morgan fingerprint density at radius 1 is 1.33 bits per heavy atom. The number of carbonyl (C=O) groups excluding carboxylic acids is 1. The highest BCUT2D eigenvalue weighted by molar-refractivity contribution is 5.97. The van der Waals surface area contributed by atoms with E-state index in [0.29, 0.717) is 24.1 Å². The number of para-hydroxylation sites is 1. The van der Waals surface area contributed by atoms with Gasteiger partial charge in [0.05, 0.1) is 13.2 Å². The predicted molar refractivity (Wildman–Crippen MR) is 79.4 cm³/mol. The van der Waals surface area contributed by atoms with Crippen molar-refractivity contribution < 1.29 is 14.6 Å². The van der Waals surface area contributed by atoms with Crippen molar-refractivity contribution in [2.75, 3.05) is 33.4 Å². The van der Waals surface area contributed by atoms with Gasteiger partial charge in [-0.2, -0.15) is 0 Å². The van der Waals surface area contributed by atoms with E-state index in [2.05, 4.69) is 4.98 Å². The zero-order valence-corrected chi connectivity index (χ0v) is 11.8. The third-order valence-corrected chi connectivity index (χ3v) is 3.24. The molecule has 0 saturated heterocycles. The SMILES string of the molecule is COCCN(CCO)C(=O)c1c[nH]c2ccccc2c1=O. The maximum absolute atomic E-state index is 12.4. The van der Waals surface area contributed by atoms with Crippen LogP contribution >= 0.6 is 0 Å². The first-order valence-electron chi connectivity index (χ1n) is 6.68. The number of methoxy groups -OCH3 is 1. The summed E-state index contributed by atoms with van der Waals surface area (Å²) in [5, 5.41) is 9.52. The van der Waals surface area contributed by atoms with Crippen molar-refractivity contribution in [3.05, 3.63) is 46.2 Å². The summed E-state index contributed by atoms with van der Waals surface area (Å²) in [6, 6.07) is 7.02. The van der Waals surface area contributed by atoms with Crippen molar-refractivity contribution in [1.29, 1.82) is 0 Å². The molecule has 2 rings (SSSR count). The minimum Gasteiger partial charge on any atom is -0.395 e. The van der Waals surface area contributed by atoms with E-state index < -0.39 is 5.91 Å². The minimum atomic E-state index is -0.409. The lowest BCUT2D eigenvalue weighted by molar-refractivity contribution is 0.0655. The van der Waals surface area contributed by atoms with Crippen LogP contribution in [-0.2, 0) is 4.74 Å². The molecule has 0 fully saturated rings. The molecule has 6 nitrogen and oxygen atoms in total. The molecule has 112 valence electrons. The van der Waals surface area contributed by atoms with Crippen molar-refractivity contribution in [2.24, 2.45) is 0 Å². The van der Waals surface area contributed by atoms with Crippen molar-refractivity contribution in [3.63, 3.8) is 0 Å². The lowest BCUT2D eigenvalue weighted by atomic mass is 10.1. The number of fused-ring (bicyclic) bond motifs is 1. The molecule has 0 unspecified atom stereocenters. The van der Waals surface area contributed by atoms with Gasteiger partial charge in [0.1, 0.15) is 5.56 Å². The summed E-state index contributed by atoms with van der Waals surface area (Å²) in [7, 11) is 1.53. The third kappa shape index (κ3) is 3.29. The number of amides is 1. The number of nitrogens with one attached hydrogen (secondary N) is 1. The normalized spacial score (nSPS) is 10.8. The molecular weight excluding hydrogens is 272 g/mol. The van der Waals surface area contributed by atoms with Crippen LogP contribution in [-0.4, -0.2) is 54.3 Å². The number of hydrogen-bond donors (Lipinski definition) is 2. The van der Waals surface area contributed by atoms with Crippen LogP contribution in [0.1, 0.15) is 10.4 Å². The van der Waals surface area contributed by atoms with E-state index >= 15 is 0 Å². The Morgan fingerprint density at radius 2 is 2.10 bits per heavy atom. The van der Waals surface area contributed by atoms with Gasteiger partial charge in [-0.25, -0.2) is 0 Å². The van der Waals surface area contributed by atoms with Gasteiger partial charge in [0, 0.05) is 37.3 Å². The van der Waals surface area contributed by atoms with Gasteiger partial charge < -0.3 is 19.7 Å². The number of aromatic nitrogens is 1. The van der Waals surface area contributed by atoms with E-state index in [1.165, 1.54) is 18.2 Å². The van der Waals surface area contributed by atoms with Gasteiger partial charge in [-0.1, -0.05) is 12.1 Å². The second kappa shape index (κ2) is 7.01. The Hall–Kier alpha value is -2.18. The van der Waals surface area contributed by atoms with Gasteiger partial charge in [0.2, 0.25) is 5.43 Å². The van der Waals surface area contributed by atoms with Crippen LogP contribution < -0.4 is 5.43 Å². The molecule has 0 spiro atoms. The molecule has 0 radical (unpaired) electrons. The first kappa shape index (κ1) is 15.2. The summed E-state index contributed by atoms with van der Waals surface area (Å²) < 4.78 is 4.94. The van der Waals surface area contributed by atoms with Gasteiger partial charge in [-0.05, 0) is 12.1 Å². The summed E-state index contributed by atoms with van der Waals surface area (Å²) in [5.74, 6) is -0.409. The highest BCUT2D eigenvalue weighted by Crippen LogP contribution is 2.08. The van der Waals surface area contributed by atoms with Crippen molar-refractivity contribution in [2.45, 2.75) is 0 Å². The molecule has 1 aromatic heterocycles. The Kier molecular flexibility index (Phi) is 5.08. The van der Waals surface area contributed by atoms with E-state index in [4.69, 9.17) is 9.84 Å². The van der Waals surface area contributed by atoms with Crippen molar-refractivity contribution in [3.8, 4) is 0 Å². The summed E-state index contributed by atoms with van der Waals surface area (Å²) in [5.41, 5.74) is 0.442. The Balaban J connectivity index is 2.37. The lowest BCUT2D eigenvalue weighted by Crippen LogP contribution is -2.38. The topological polar surface area (TPSA) is 82.6 Å². The molecule has 1 heterocycles.